The molecule has 18 aromatic rings. The minimum Gasteiger partial charge on any atom is -0.399 e. The molecule has 3 aliphatic rings. The Hall–Kier alpha value is -12.8. The Bertz CT molecular complexity index is 6030. The number of nitrogens with one attached hydrogen (secondary N) is 2. The van der Waals surface area contributed by atoms with Crippen molar-refractivity contribution in [2.75, 3.05) is 10.6 Å². The molecule has 0 spiro atoms. The first-order valence-electron chi connectivity index (χ1n) is 45.4. The Balaban J connectivity index is 0.000000129. The SMILES string of the molecule is CC1(C)c2ccccc2Nc2ccc(-c3ccccc3[N+](=O)[O-])cc21.CC1(C)c2ccccc2Nc2ccc(B3OC(C)(C)C(C)(C)O3)cc21.O=[N+]([O-])c1ccccc1Br.[Pd].c1ccc(P(c2ccccc2)c2ccccc2)cc1.c1ccc(P(c2ccccc2)c2ccccc2)cc1.c1ccc(P(c2ccccc2)c2ccccc2)cc1.c1ccc(P(c2ccccc2)c2ccccc2)cc1. The van der Waals surface area contributed by atoms with E-state index in [0.717, 1.165) is 33.7 Å². The van der Waals surface area contributed by atoms with E-state index in [1.54, 1.807) is 36.4 Å². The summed E-state index contributed by atoms with van der Waals surface area (Å²) in [6.07, 6.45) is 0. The van der Waals surface area contributed by atoms with Crippen molar-refractivity contribution in [1.29, 1.82) is 0 Å². The second-order valence-electron chi connectivity index (χ2n) is 34.6. The maximum Gasteiger partial charge on any atom is 0.494 e. The van der Waals surface area contributed by atoms with Gasteiger partial charge in [0.15, 0.2) is 0 Å². The summed E-state index contributed by atoms with van der Waals surface area (Å²) in [5.41, 5.74) is 11.4. The first kappa shape index (κ1) is 100. The van der Waals surface area contributed by atoms with E-state index >= 15 is 0 Å². The number of hydrogen-bond donors (Lipinski definition) is 2. The number of rotatable bonds is 16. The van der Waals surface area contributed by atoms with Gasteiger partial charge >= 0.3 is 7.12 Å². The van der Waals surface area contributed by atoms with Gasteiger partial charge in [0, 0.05) is 66.1 Å². The zero-order valence-electron chi connectivity index (χ0n) is 77.7. The molecule has 0 aliphatic carbocycles. The number of nitro benzene ring substituents is 2. The molecule has 18 aromatic carbocycles. The topological polar surface area (TPSA) is 129 Å². The van der Waals surface area contributed by atoms with Gasteiger partial charge in [0.05, 0.1) is 31.1 Å². The van der Waals surface area contributed by atoms with Crippen LogP contribution in [0.15, 0.2) is 502 Å². The fraction of sp³-hybridized carbons (Fsp3) is 0.100. The van der Waals surface area contributed by atoms with Crippen LogP contribution in [-0.4, -0.2) is 28.2 Å². The molecular weight excluding hydrogens is 1910 g/mol. The van der Waals surface area contributed by atoms with Crippen LogP contribution in [0.5, 0.6) is 0 Å². The molecule has 17 heteroatoms. The van der Waals surface area contributed by atoms with E-state index in [-0.39, 0.29) is 65.9 Å². The Kier molecular flexibility index (Phi) is 34.9. The van der Waals surface area contributed by atoms with Crippen molar-refractivity contribution in [2.45, 2.75) is 77.4 Å². The van der Waals surface area contributed by atoms with Crippen LogP contribution in [0.25, 0.3) is 11.1 Å². The molecule has 0 bridgehead atoms. The summed E-state index contributed by atoms with van der Waals surface area (Å²) in [7, 11) is -2.11. The van der Waals surface area contributed by atoms with Crippen molar-refractivity contribution in [3.05, 3.63) is 544 Å². The Morgan fingerprint density at radius 3 is 0.737 bits per heavy atom. The second-order valence-corrected chi connectivity index (χ2v) is 44.3. The molecule has 3 heterocycles. The first-order chi connectivity index (χ1) is 66.1. The van der Waals surface area contributed by atoms with Crippen LogP contribution in [-0.2, 0) is 40.6 Å². The number of halogens is 1. The number of fused-ring (bicyclic) bond motifs is 4. The molecule has 10 nitrogen and oxygen atoms in total. The predicted molar refractivity (Wildman–Crippen MR) is 586 cm³/mol. The van der Waals surface area contributed by atoms with E-state index in [4.69, 9.17) is 9.31 Å². The van der Waals surface area contributed by atoms with E-state index in [0.29, 0.717) is 10.0 Å². The molecule has 0 unspecified atom stereocenters. The number of nitro groups is 2. The molecule has 0 aromatic heterocycles. The van der Waals surface area contributed by atoms with Gasteiger partial charge in [0.1, 0.15) is 0 Å². The quantitative estimate of drug-likeness (QED) is 0.0424. The summed E-state index contributed by atoms with van der Waals surface area (Å²) >= 11 is 3.06. The zero-order valence-corrected chi connectivity index (χ0v) is 84.5. The van der Waals surface area contributed by atoms with Gasteiger partial charge in [-0.3, -0.25) is 20.2 Å². The van der Waals surface area contributed by atoms with Crippen LogP contribution in [0.1, 0.15) is 77.6 Å². The van der Waals surface area contributed by atoms with Crippen molar-refractivity contribution in [3.8, 4) is 11.1 Å². The Morgan fingerprint density at radius 2 is 0.474 bits per heavy atom. The van der Waals surface area contributed by atoms with Gasteiger partial charge in [-0.05, 0) is 215 Å². The van der Waals surface area contributed by atoms with Crippen LogP contribution in [0.2, 0.25) is 0 Å². The summed E-state index contributed by atoms with van der Waals surface area (Å²) in [5.74, 6) is 0. The summed E-state index contributed by atoms with van der Waals surface area (Å²) in [5, 5.41) is 45.4. The fourth-order valence-corrected chi connectivity index (χ4v) is 26.3. The molecule has 684 valence electrons. The van der Waals surface area contributed by atoms with E-state index in [1.807, 2.05) is 30.3 Å². The van der Waals surface area contributed by atoms with Crippen LogP contribution >= 0.6 is 47.6 Å². The van der Waals surface area contributed by atoms with E-state index < -0.39 is 36.6 Å². The number of benzene rings is 18. The number of nitrogens with zero attached hydrogens (tertiary/aromatic N) is 2. The van der Waals surface area contributed by atoms with Crippen molar-refractivity contribution >= 4 is 158 Å². The molecule has 137 heavy (non-hydrogen) atoms. The van der Waals surface area contributed by atoms with Crippen molar-refractivity contribution < 1.29 is 39.6 Å². The number of anilines is 4. The summed E-state index contributed by atoms with van der Waals surface area (Å²) < 4.78 is 13.0. The minimum atomic E-state index is -0.446. The third kappa shape index (κ3) is 25.2. The van der Waals surface area contributed by atoms with Crippen molar-refractivity contribution in [2.24, 2.45) is 0 Å². The third-order valence-corrected chi connectivity index (χ3v) is 34.8. The van der Waals surface area contributed by atoms with Gasteiger partial charge in [0.25, 0.3) is 11.4 Å². The molecular formula is C120H108BBrN4O6P4Pd. The first-order valence-corrected chi connectivity index (χ1v) is 51.6. The monoisotopic (exact) mass is 2020 g/mol. The molecule has 2 N–H and O–H groups in total. The van der Waals surface area contributed by atoms with Crippen LogP contribution in [0.4, 0.5) is 34.1 Å². The van der Waals surface area contributed by atoms with Crippen LogP contribution < -0.4 is 79.8 Å². The van der Waals surface area contributed by atoms with Crippen molar-refractivity contribution in [1.82, 2.24) is 0 Å². The molecule has 0 radical (unpaired) electrons. The van der Waals surface area contributed by atoms with Crippen molar-refractivity contribution in [3.63, 3.8) is 0 Å². The van der Waals surface area contributed by atoms with E-state index in [9.17, 15) is 20.2 Å². The van der Waals surface area contributed by atoms with Gasteiger partial charge in [0.2, 0.25) is 0 Å². The smallest absolute Gasteiger partial charge is 0.399 e. The largest absolute Gasteiger partial charge is 0.494 e. The molecule has 21 rings (SSSR count). The average Bonchev–Trinajstić information content (AvgIpc) is 1.67. The second kappa shape index (κ2) is 47.8. The molecule has 1 fully saturated rings. The predicted octanol–water partition coefficient (Wildman–Crippen LogP) is 26.1. The van der Waals surface area contributed by atoms with Gasteiger partial charge in [-0.15, -0.1) is 0 Å². The molecule has 0 amide bonds. The number of hydrogen-bond acceptors (Lipinski definition) is 8. The zero-order chi connectivity index (χ0) is 94.9. The van der Waals surface area contributed by atoms with Crippen LogP contribution in [0, 0.1) is 20.2 Å². The molecule has 1 saturated heterocycles. The Morgan fingerprint density at radius 1 is 0.255 bits per heavy atom. The standard InChI is InChI=1S/C21H26BNO2.C21H18N2O2.4C18H15P.C6H4BrNO2.Pd/c1-19(2)15-9-7-8-10-17(15)23-18-12-11-14(13-16(18)19)22-24-20(3,4)21(5,6)25-22;1-21(2)16-8-4-5-9-18(16)22-19-12-11-14(13-17(19)21)15-7-3-6-10-20(15)23(24)25;4*1-4-10-16(11-5-1)19(17-12-6-2-7-13-17)18-14-8-3-9-15-18;7-5-3-1-2-4-6(5)8(9)10;/h7-13,23H,1-6H3;3-13,22H,1-2H3;4*1-15H;1-4H;. The maximum absolute atomic E-state index is 11.4. The summed E-state index contributed by atoms with van der Waals surface area (Å²) in [6, 6.07) is 172. The Labute approximate surface area is 834 Å². The fourth-order valence-electron chi connectivity index (χ4n) is 16.7. The summed E-state index contributed by atoms with van der Waals surface area (Å²) in [4.78, 5) is 20.8. The van der Waals surface area contributed by atoms with Gasteiger partial charge in [-0.2, -0.15) is 0 Å². The van der Waals surface area contributed by atoms with Crippen LogP contribution in [0.3, 0.4) is 0 Å². The molecule has 3 aliphatic heterocycles. The van der Waals surface area contributed by atoms with E-state index in [2.05, 4.69) is 507 Å². The van der Waals surface area contributed by atoms with Gasteiger partial charge in [-0.25, -0.2) is 0 Å². The maximum atomic E-state index is 11.4. The van der Waals surface area contributed by atoms with Gasteiger partial charge in [-0.1, -0.05) is 471 Å². The minimum absolute atomic E-state index is 0. The third-order valence-electron chi connectivity index (χ3n) is 24.3. The molecule has 0 atom stereocenters. The molecule has 0 saturated carbocycles. The number of para-hydroxylation sites is 4. The normalized spacial score (nSPS) is 13.2. The average molecular weight is 2020 g/mol. The summed E-state index contributed by atoms with van der Waals surface area (Å²) in [6.45, 7) is 17.3. The van der Waals surface area contributed by atoms with E-state index in [1.165, 1.54) is 92.1 Å². The van der Waals surface area contributed by atoms with Gasteiger partial charge < -0.3 is 19.9 Å².